The predicted octanol–water partition coefficient (Wildman–Crippen LogP) is 3.02. The molecule has 0 aromatic heterocycles. The summed E-state index contributed by atoms with van der Waals surface area (Å²) in [4.78, 5) is 44.2. The van der Waals surface area contributed by atoms with Crippen molar-refractivity contribution in [1.29, 1.82) is 0 Å². The number of amides is 3. The lowest BCUT2D eigenvalue weighted by molar-refractivity contribution is -0.133. The van der Waals surface area contributed by atoms with E-state index in [0.29, 0.717) is 57.3 Å². The van der Waals surface area contributed by atoms with E-state index in [2.05, 4.69) is 10.6 Å². The molecule has 2 aliphatic heterocycles. The summed E-state index contributed by atoms with van der Waals surface area (Å²) in [5.41, 5.74) is 0.157. The molecule has 5 rings (SSSR count). The molecule has 2 atom stereocenters. The van der Waals surface area contributed by atoms with Gasteiger partial charge in [-0.3, -0.25) is 14.4 Å². The Hall–Kier alpha value is -2.69. The maximum absolute atomic E-state index is 14.1. The number of nitrogens with one attached hydrogen (secondary N) is 2. The maximum atomic E-state index is 14.1. The van der Waals surface area contributed by atoms with Crippen LogP contribution in [0.4, 0.5) is 11.4 Å². The highest BCUT2D eigenvalue weighted by molar-refractivity contribution is 6.04. The summed E-state index contributed by atoms with van der Waals surface area (Å²) in [6.45, 7) is 12.5. The molecule has 3 amide bonds. The number of carbonyl (C=O) groups excluding carboxylic acids is 3. The van der Waals surface area contributed by atoms with Crippen LogP contribution in [0.2, 0.25) is 0 Å². The number of ether oxygens (including phenoxy) is 3. The fourth-order valence-electron chi connectivity index (χ4n) is 5.75. The molecule has 0 unspecified atom stereocenters. The fourth-order valence-corrected chi connectivity index (χ4v) is 5.75. The third-order valence-electron chi connectivity index (χ3n) is 8.46. The summed E-state index contributed by atoms with van der Waals surface area (Å²) in [6, 6.07) is 5.79. The number of anilines is 2. The van der Waals surface area contributed by atoms with E-state index < -0.39 is 5.60 Å². The quantitative estimate of drug-likeness (QED) is 0.372. The number of hydrogen-bond acceptors (Lipinski definition) is 7. The Balaban J connectivity index is 1.31. The zero-order valence-corrected chi connectivity index (χ0v) is 25.2. The molecular weight excluding hydrogens is 524 g/mol. The number of nitrogens with zero attached hydrogens (tertiary/aromatic N) is 2. The van der Waals surface area contributed by atoms with Gasteiger partial charge in [-0.2, -0.15) is 0 Å². The molecule has 0 radical (unpaired) electrons. The van der Waals surface area contributed by atoms with Gasteiger partial charge in [-0.25, -0.2) is 0 Å². The Labute approximate surface area is 243 Å². The third-order valence-corrected chi connectivity index (χ3v) is 8.46. The van der Waals surface area contributed by atoms with Crippen LogP contribution in [-0.4, -0.2) is 80.5 Å². The van der Waals surface area contributed by atoms with Crippen molar-refractivity contribution in [2.75, 3.05) is 49.3 Å². The molecule has 226 valence electrons. The second-order valence-electron chi connectivity index (χ2n) is 12.8. The molecule has 4 aliphatic rings. The number of rotatable bonds is 12. The van der Waals surface area contributed by atoms with Crippen molar-refractivity contribution in [2.45, 2.75) is 90.0 Å². The first-order valence-corrected chi connectivity index (χ1v) is 15.2. The van der Waals surface area contributed by atoms with Crippen LogP contribution in [0.25, 0.3) is 0 Å². The van der Waals surface area contributed by atoms with Crippen molar-refractivity contribution >= 4 is 29.1 Å². The van der Waals surface area contributed by atoms with Gasteiger partial charge in [0.2, 0.25) is 11.8 Å². The van der Waals surface area contributed by atoms with Crippen LogP contribution in [0.15, 0.2) is 18.2 Å². The van der Waals surface area contributed by atoms with Crippen LogP contribution in [0.5, 0.6) is 5.75 Å². The molecule has 1 aromatic carbocycles. The van der Waals surface area contributed by atoms with Crippen LogP contribution in [0.1, 0.15) is 66.7 Å². The molecule has 0 bridgehead atoms. The second-order valence-corrected chi connectivity index (χ2v) is 12.8. The van der Waals surface area contributed by atoms with E-state index in [0.717, 1.165) is 31.4 Å². The molecule has 3 fully saturated rings. The highest BCUT2D eigenvalue weighted by Gasteiger charge is 2.47. The lowest BCUT2D eigenvalue weighted by Gasteiger charge is -2.39. The minimum atomic E-state index is -0.990. The summed E-state index contributed by atoms with van der Waals surface area (Å²) < 4.78 is 17.4. The van der Waals surface area contributed by atoms with Gasteiger partial charge in [-0.1, -0.05) is 0 Å². The van der Waals surface area contributed by atoms with E-state index >= 15 is 0 Å². The number of hydrogen-bond donors (Lipinski definition) is 2. The number of fused-ring (bicyclic) bond motifs is 1. The Morgan fingerprint density at radius 3 is 2.59 bits per heavy atom. The normalized spacial score (nSPS) is 24.4. The number of carbonyl (C=O) groups is 3. The van der Waals surface area contributed by atoms with Crippen molar-refractivity contribution in [3.05, 3.63) is 18.2 Å². The lowest BCUT2D eigenvalue weighted by Crippen LogP contribution is -2.53. The lowest BCUT2D eigenvalue weighted by atomic mass is 9.88. The Morgan fingerprint density at radius 2 is 1.93 bits per heavy atom. The largest absolute Gasteiger partial charge is 0.476 e. The SMILES string of the molecule is CCOCCN1C(=O)C(C)(C)Oc2ccc(N(C(=O)[C@H]3CNC[C@@H](C(=O)NC4(COC(C)C)CC4)C3)C3CC3)cc21. The van der Waals surface area contributed by atoms with Gasteiger partial charge in [-0.15, -0.1) is 0 Å². The van der Waals surface area contributed by atoms with Crippen molar-refractivity contribution < 1.29 is 28.6 Å². The van der Waals surface area contributed by atoms with E-state index in [9.17, 15) is 14.4 Å². The van der Waals surface area contributed by atoms with Gasteiger partial charge in [-0.05, 0) is 84.9 Å². The molecule has 1 aromatic rings. The van der Waals surface area contributed by atoms with Crippen molar-refractivity contribution in [3.8, 4) is 5.75 Å². The van der Waals surface area contributed by atoms with Gasteiger partial charge in [0.15, 0.2) is 5.60 Å². The molecule has 0 spiro atoms. The Kier molecular flexibility index (Phi) is 8.64. The maximum Gasteiger partial charge on any atom is 0.270 e. The van der Waals surface area contributed by atoms with Crippen LogP contribution in [0.3, 0.4) is 0 Å². The van der Waals surface area contributed by atoms with Crippen LogP contribution in [0, 0.1) is 11.8 Å². The summed E-state index contributed by atoms with van der Waals surface area (Å²) in [5.74, 6) is -0.0979. The number of piperidine rings is 1. The first-order valence-electron chi connectivity index (χ1n) is 15.2. The highest BCUT2D eigenvalue weighted by Crippen LogP contribution is 2.43. The van der Waals surface area contributed by atoms with Crippen LogP contribution in [-0.2, 0) is 23.9 Å². The van der Waals surface area contributed by atoms with Gasteiger partial charge in [0.25, 0.3) is 5.91 Å². The fraction of sp³-hybridized carbons (Fsp3) is 0.710. The average molecular weight is 571 g/mol. The second kappa shape index (κ2) is 11.9. The third kappa shape index (κ3) is 6.70. The van der Waals surface area contributed by atoms with E-state index in [1.165, 1.54) is 0 Å². The summed E-state index contributed by atoms with van der Waals surface area (Å²) in [7, 11) is 0. The van der Waals surface area contributed by atoms with Gasteiger partial charge in [0.1, 0.15) is 5.75 Å². The average Bonchev–Trinajstić information content (AvgIpc) is 3.88. The molecule has 1 saturated heterocycles. The Morgan fingerprint density at radius 1 is 1.20 bits per heavy atom. The molecule has 2 heterocycles. The van der Waals surface area contributed by atoms with Crippen LogP contribution >= 0.6 is 0 Å². The van der Waals surface area contributed by atoms with E-state index in [-0.39, 0.29) is 47.2 Å². The first kappa shape index (κ1) is 29.8. The topological polar surface area (TPSA) is 109 Å². The van der Waals surface area contributed by atoms with Crippen molar-refractivity contribution in [3.63, 3.8) is 0 Å². The molecule has 41 heavy (non-hydrogen) atoms. The van der Waals surface area contributed by atoms with Gasteiger partial charge in [0, 0.05) is 38.0 Å². The van der Waals surface area contributed by atoms with Crippen LogP contribution < -0.4 is 25.2 Å². The van der Waals surface area contributed by atoms with Crippen molar-refractivity contribution in [1.82, 2.24) is 10.6 Å². The van der Waals surface area contributed by atoms with Gasteiger partial charge in [0.05, 0.1) is 42.4 Å². The van der Waals surface area contributed by atoms with Gasteiger partial charge >= 0.3 is 0 Å². The minimum Gasteiger partial charge on any atom is -0.476 e. The number of benzene rings is 1. The van der Waals surface area contributed by atoms with Crippen molar-refractivity contribution in [2.24, 2.45) is 11.8 Å². The summed E-state index contributed by atoms with van der Waals surface area (Å²) >= 11 is 0. The predicted molar refractivity (Wildman–Crippen MR) is 156 cm³/mol. The highest BCUT2D eigenvalue weighted by atomic mass is 16.5. The zero-order valence-electron chi connectivity index (χ0n) is 25.2. The summed E-state index contributed by atoms with van der Waals surface area (Å²) in [5, 5.41) is 6.57. The van der Waals surface area contributed by atoms with Gasteiger partial charge < -0.3 is 34.6 Å². The molecule has 2 aliphatic carbocycles. The smallest absolute Gasteiger partial charge is 0.270 e. The van der Waals surface area contributed by atoms with E-state index in [1.807, 2.05) is 43.9 Å². The molecule has 2 N–H and O–H groups in total. The Bertz CT molecular complexity index is 1150. The molecular formula is C31H46N4O6. The first-order chi connectivity index (χ1) is 19.5. The standard InChI is InChI=1S/C31H46N4O6/c1-6-39-14-13-34-25-16-24(9-10-26(25)41-30(4,5)29(34)38)35(23-7-8-23)28(37)22-15-21(17-32-18-22)27(36)33-31(11-12-31)19-40-20(2)3/h9-10,16,20-23,32H,6-8,11-15,17-19H2,1-5H3,(H,33,36)/t21-,22+/m0/s1. The van der Waals surface area contributed by atoms with E-state index in [1.54, 1.807) is 18.7 Å². The van der Waals surface area contributed by atoms with E-state index in [4.69, 9.17) is 14.2 Å². The molecule has 10 nitrogen and oxygen atoms in total. The summed E-state index contributed by atoms with van der Waals surface area (Å²) in [6.07, 6.45) is 4.33. The molecule has 10 heteroatoms. The monoisotopic (exact) mass is 570 g/mol. The minimum absolute atomic E-state index is 0.00479. The molecule has 2 saturated carbocycles. The zero-order chi connectivity index (χ0) is 29.4.